The first kappa shape index (κ1) is 11.7. The number of H-pyrrole nitrogens is 1. The third kappa shape index (κ3) is 2.05. The summed E-state index contributed by atoms with van der Waals surface area (Å²) in [7, 11) is 1.68. The maximum atomic E-state index is 5.46. The highest BCUT2D eigenvalue weighted by Gasteiger charge is 2.11. The molecule has 0 aliphatic heterocycles. The largest absolute Gasteiger partial charge is 0.496 e. The average Bonchev–Trinajstić information content (AvgIpc) is 2.90. The van der Waals surface area contributed by atoms with Crippen molar-refractivity contribution in [3.05, 3.63) is 42.2 Å². The number of ether oxygens (including phenoxy) is 1. The van der Waals surface area contributed by atoms with Crippen molar-refractivity contribution in [2.75, 3.05) is 7.11 Å². The molecule has 4 heteroatoms. The summed E-state index contributed by atoms with van der Waals surface area (Å²) in [4.78, 5) is 11.9. The van der Waals surface area contributed by atoms with E-state index in [1.807, 2.05) is 12.1 Å². The Bertz CT molecular complexity index is 685. The van der Waals surface area contributed by atoms with E-state index in [0.29, 0.717) is 0 Å². The highest BCUT2D eigenvalue weighted by Crippen LogP contribution is 2.30. The molecular formula is C15H15N3O. The van der Waals surface area contributed by atoms with E-state index in [1.165, 1.54) is 5.56 Å². The third-order valence-electron chi connectivity index (χ3n) is 3.21. The minimum atomic E-state index is 0.808. The van der Waals surface area contributed by atoms with Crippen LogP contribution in [-0.4, -0.2) is 22.1 Å². The number of hydrogen-bond donors (Lipinski definition) is 1. The number of fused-ring (bicyclic) bond motifs is 1. The lowest BCUT2D eigenvalue weighted by Gasteiger charge is -2.07. The molecule has 0 fully saturated rings. The van der Waals surface area contributed by atoms with Gasteiger partial charge >= 0.3 is 0 Å². The van der Waals surface area contributed by atoms with Gasteiger partial charge in [-0.3, -0.25) is 4.98 Å². The first-order chi connectivity index (χ1) is 9.31. The highest BCUT2D eigenvalue weighted by atomic mass is 16.5. The van der Waals surface area contributed by atoms with Gasteiger partial charge in [0.15, 0.2) is 0 Å². The second-order valence-corrected chi connectivity index (χ2v) is 4.37. The molecule has 96 valence electrons. The number of nitrogens with one attached hydrogen (secondary N) is 1. The van der Waals surface area contributed by atoms with E-state index < -0.39 is 0 Å². The van der Waals surface area contributed by atoms with Crippen molar-refractivity contribution in [3.63, 3.8) is 0 Å². The normalized spacial score (nSPS) is 10.8. The van der Waals surface area contributed by atoms with Crippen LogP contribution in [0.1, 0.15) is 12.5 Å². The van der Waals surface area contributed by atoms with E-state index in [0.717, 1.165) is 34.6 Å². The molecule has 3 rings (SSSR count). The van der Waals surface area contributed by atoms with Gasteiger partial charge in [0.1, 0.15) is 11.6 Å². The molecule has 0 spiro atoms. The van der Waals surface area contributed by atoms with Crippen LogP contribution in [0.25, 0.3) is 22.4 Å². The Morgan fingerprint density at radius 3 is 2.89 bits per heavy atom. The van der Waals surface area contributed by atoms with E-state index in [9.17, 15) is 0 Å². The summed E-state index contributed by atoms with van der Waals surface area (Å²) in [5.41, 5.74) is 4.06. The predicted molar refractivity (Wildman–Crippen MR) is 75.3 cm³/mol. The van der Waals surface area contributed by atoms with Crippen LogP contribution in [0, 0.1) is 0 Å². The molecule has 0 aliphatic rings. The number of rotatable bonds is 3. The topological polar surface area (TPSA) is 50.8 Å². The van der Waals surface area contributed by atoms with Crippen molar-refractivity contribution >= 4 is 11.0 Å². The van der Waals surface area contributed by atoms with Crippen LogP contribution in [0.3, 0.4) is 0 Å². The Morgan fingerprint density at radius 2 is 2.16 bits per heavy atom. The maximum absolute atomic E-state index is 5.46. The Balaban J connectivity index is 2.15. The SMILES string of the molecule is CCc1ccc(-c2nc3ccncc3[nH]2)c(OC)c1. The summed E-state index contributed by atoms with van der Waals surface area (Å²) in [6.45, 7) is 2.13. The lowest BCUT2D eigenvalue weighted by atomic mass is 10.1. The van der Waals surface area contributed by atoms with Crippen molar-refractivity contribution < 1.29 is 4.74 Å². The Kier molecular flexibility index (Phi) is 2.91. The lowest BCUT2D eigenvalue weighted by molar-refractivity contribution is 0.415. The van der Waals surface area contributed by atoms with Gasteiger partial charge in [-0.2, -0.15) is 0 Å². The fraction of sp³-hybridized carbons (Fsp3) is 0.200. The molecule has 0 amide bonds. The summed E-state index contributed by atoms with van der Waals surface area (Å²) >= 11 is 0. The number of aromatic amines is 1. The van der Waals surface area contributed by atoms with Crippen molar-refractivity contribution in [2.45, 2.75) is 13.3 Å². The standard InChI is InChI=1S/C15H15N3O/c1-3-10-4-5-11(14(8-10)19-2)15-17-12-6-7-16-9-13(12)18-15/h4-9H,3H2,1-2H3,(H,17,18). The van der Waals surface area contributed by atoms with Crippen molar-refractivity contribution in [2.24, 2.45) is 0 Å². The van der Waals surface area contributed by atoms with Crippen LogP contribution in [0.5, 0.6) is 5.75 Å². The van der Waals surface area contributed by atoms with Crippen molar-refractivity contribution in [1.82, 2.24) is 15.0 Å². The van der Waals surface area contributed by atoms with Gasteiger partial charge in [0.05, 0.1) is 29.9 Å². The second kappa shape index (κ2) is 4.72. The van der Waals surface area contributed by atoms with Crippen LogP contribution in [-0.2, 0) is 6.42 Å². The maximum Gasteiger partial charge on any atom is 0.142 e. The number of hydrogen-bond acceptors (Lipinski definition) is 3. The smallest absolute Gasteiger partial charge is 0.142 e. The van der Waals surface area contributed by atoms with E-state index >= 15 is 0 Å². The zero-order chi connectivity index (χ0) is 13.2. The van der Waals surface area contributed by atoms with E-state index in [1.54, 1.807) is 19.5 Å². The van der Waals surface area contributed by atoms with Gasteiger partial charge < -0.3 is 9.72 Å². The third-order valence-corrected chi connectivity index (χ3v) is 3.21. The minimum Gasteiger partial charge on any atom is -0.496 e. The molecule has 1 aromatic carbocycles. The number of aromatic nitrogens is 3. The molecule has 0 saturated carbocycles. The van der Waals surface area contributed by atoms with Gasteiger partial charge in [0.25, 0.3) is 0 Å². The van der Waals surface area contributed by atoms with E-state index in [-0.39, 0.29) is 0 Å². The minimum absolute atomic E-state index is 0.808. The molecule has 2 aromatic heterocycles. The number of benzene rings is 1. The molecule has 0 radical (unpaired) electrons. The average molecular weight is 253 g/mol. The highest BCUT2D eigenvalue weighted by molar-refractivity contribution is 5.79. The molecule has 3 aromatic rings. The Hall–Kier alpha value is -2.36. The molecule has 4 nitrogen and oxygen atoms in total. The summed E-state index contributed by atoms with van der Waals surface area (Å²) < 4.78 is 5.46. The number of pyridine rings is 1. The first-order valence-corrected chi connectivity index (χ1v) is 6.29. The summed E-state index contributed by atoms with van der Waals surface area (Å²) in [6, 6.07) is 8.09. The molecule has 1 N–H and O–H groups in total. The number of methoxy groups -OCH3 is 1. The fourth-order valence-electron chi connectivity index (χ4n) is 2.14. The zero-order valence-corrected chi connectivity index (χ0v) is 11.0. The summed E-state index contributed by atoms with van der Waals surface area (Å²) in [6.07, 6.45) is 4.50. The monoisotopic (exact) mass is 253 g/mol. The van der Waals surface area contributed by atoms with Gasteiger partial charge in [0.2, 0.25) is 0 Å². The van der Waals surface area contributed by atoms with Crippen LogP contribution in [0.2, 0.25) is 0 Å². The van der Waals surface area contributed by atoms with Gasteiger partial charge in [-0.05, 0) is 30.2 Å². The zero-order valence-electron chi connectivity index (χ0n) is 11.0. The molecule has 0 aliphatic carbocycles. The van der Waals surface area contributed by atoms with E-state index in [4.69, 9.17) is 4.74 Å². The predicted octanol–water partition coefficient (Wildman–Crippen LogP) is 3.20. The second-order valence-electron chi connectivity index (χ2n) is 4.37. The molecule has 2 heterocycles. The van der Waals surface area contributed by atoms with Crippen molar-refractivity contribution in [1.29, 1.82) is 0 Å². The van der Waals surface area contributed by atoms with Crippen LogP contribution in [0.15, 0.2) is 36.7 Å². The van der Waals surface area contributed by atoms with Gasteiger partial charge in [-0.25, -0.2) is 4.98 Å². The van der Waals surface area contributed by atoms with Crippen LogP contribution < -0.4 is 4.74 Å². The summed E-state index contributed by atoms with van der Waals surface area (Å²) in [5, 5.41) is 0. The van der Waals surface area contributed by atoms with Gasteiger partial charge in [-0.15, -0.1) is 0 Å². The molecule has 0 atom stereocenters. The van der Waals surface area contributed by atoms with E-state index in [2.05, 4.69) is 34.0 Å². The Morgan fingerprint density at radius 1 is 1.26 bits per heavy atom. The first-order valence-electron chi connectivity index (χ1n) is 6.29. The fourth-order valence-corrected chi connectivity index (χ4v) is 2.14. The van der Waals surface area contributed by atoms with Gasteiger partial charge in [0, 0.05) is 6.20 Å². The number of nitrogens with zero attached hydrogens (tertiary/aromatic N) is 2. The number of imidazole rings is 1. The van der Waals surface area contributed by atoms with Crippen LogP contribution >= 0.6 is 0 Å². The Labute approximate surface area is 111 Å². The number of aryl methyl sites for hydroxylation is 1. The molecule has 0 saturated heterocycles. The quantitative estimate of drug-likeness (QED) is 0.779. The van der Waals surface area contributed by atoms with Gasteiger partial charge in [-0.1, -0.05) is 13.0 Å². The molecular weight excluding hydrogens is 238 g/mol. The molecule has 0 unspecified atom stereocenters. The molecule has 0 bridgehead atoms. The van der Waals surface area contributed by atoms with Crippen molar-refractivity contribution in [3.8, 4) is 17.1 Å². The summed E-state index contributed by atoms with van der Waals surface area (Å²) in [5.74, 6) is 1.65. The molecule has 19 heavy (non-hydrogen) atoms. The lowest BCUT2D eigenvalue weighted by Crippen LogP contribution is -1.91. The van der Waals surface area contributed by atoms with Crippen LogP contribution in [0.4, 0.5) is 0 Å².